The van der Waals surface area contributed by atoms with Crippen molar-refractivity contribution in [1.29, 1.82) is 0 Å². The molecule has 0 saturated carbocycles. The second-order valence-corrected chi connectivity index (χ2v) is 6.18. The number of ether oxygens (including phenoxy) is 2. The van der Waals surface area contributed by atoms with E-state index in [-0.39, 0.29) is 17.2 Å². The van der Waals surface area contributed by atoms with Gasteiger partial charge >= 0.3 is 0 Å². The van der Waals surface area contributed by atoms with Crippen molar-refractivity contribution in [2.24, 2.45) is 0 Å². The van der Waals surface area contributed by atoms with Gasteiger partial charge in [0.2, 0.25) is 10.0 Å². The van der Waals surface area contributed by atoms with E-state index in [9.17, 15) is 13.5 Å². The molecule has 0 unspecified atom stereocenters. The standard InChI is InChI=1S/C13H21NO5S/c1-18-10-3-8-14(9-11-19-2)20(16,17)13-6-4-12(15)5-7-13/h4-7,15H,3,8-11H2,1-2H3. The van der Waals surface area contributed by atoms with Crippen molar-refractivity contribution in [3.05, 3.63) is 24.3 Å². The minimum Gasteiger partial charge on any atom is -0.508 e. The summed E-state index contributed by atoms with van der Waals surface area (Å²) in [7, 11) is -0.478. The summed E-state index contributed by atoms with van der Waals surface area (Å²) >= 11 is 0. The highest BCUT2D eigenvalue weighted by Crippen LogP contribution is 2.19. The first kappa shape index (κ1) is 16.9. The van der Waals surface area contributed by atoms with E-state index in [4.69, 9.17) is 9.47 Å². The third-order valence-electron chi connectivity index (χ3n) is 2.78. The molecule has 0 saturated heterocycles. The third kappa shape index (κ3) is 4.75. The average molecular weight is 303 g/mol. The normalized spacial score (nSPS) is 11.9. The van der Waals surface area contributed by atoms with Crippen molar-refractivity contribution in [3.8, 4) is 5.75 Å². The number of methoxy groups -OCH3 is 2. The van der Waals surface area contributed by atoms with Crippen molar-refractivity contribution in [2.75, 3.05) is 40.5 Å². The number of rotatable bonds is 9. The summed E-state index contributed by atoms with van der Waals surface area (Å²) in [5, 5.41) is 9.23. The van der Waals surface area contributed by atoms with Gasteiger partial charge in [-0.1, -0.05) is 0 Å². The largest absolute Gasteiger partial charge is 0.508 e. The Labute approximate surface area is 120 Å². The number of hydrogen-bond donors (Lipinski definition) is 1. The molecule has 0 aliphatic rings. The molecule has 7 heteroatoms. The third-order valence-corrected chi connectivity index (χ3v) is 4.69. The van der Waals surface area contributed by atoms with Gasteiger partial charge in [0.05, 0.1) is 11.5 Å². The van der Waals surface area contributed by atoms with Gasteiger partial charge in [-0.15, -0.1) is 0 Å². The number of phenolic OH excluding ortho intramolecular Hbond substituents is 1. The first-order chi connectivity index (χ1) is 9.52. The van der Waals surface area contributed by atoms with E-state index < -0.39 is 10.0 Å². The van der Waals surface area contributed by atoms with E-state index in [0.717, 1.165) is 0 Å². The maximum atomic E-state index is 12.5. The van der Waals surface area contributed by atoms with E-state index >= 15 is 0 Å². The Morgan fingerprint density at radius 3 is 2.20 bits per heavy atom. The van der Waals surface area contributed by atoms with Crippen LogP contribution in [0, 0.1) is 0 Å². The molecule has 0 amide bonds. The summed E-state index contributed by atoms with van der Waals surface area (Å²) in [6.45, 7) is 1.46. The number of aromatic hydroxyl groups is 1. The van der Waals surface area contributed by atoms with E-state index in [1.165, 1.54) is 35.7 Å². The van der Waals surface area contributed by atoms with E-state index in [1.54, 1.807) is 7.11 Å². The van der Waals surface area contributed by atoms with Crippen LogP contribution in [0.15, 0.2) is 29.2 Å². The fourth-order valence-corrected chi connectivity index (χ4v) is 3.16. The van der Waals surface area contributed by atoms with Gasteiger partial charge in [-0.3, -0.25) is 0 Å². The lowest BCUT2D eigenvalue weighted by Crippen LogP contribution is -2.35. The van der Waals surface area contributed by atoms with Gasteiger partial charge in [0, 0.05) is 33.9 Å². The van der Waals surface area contributed by atoms with Crippen molar-refractivity contribution < 1.29 is 23.0 Å². The molecule has 0 aromatic heterocycles. The van der Waals surface area contributed by atoms with Crippen LogP contribution in [0.25, 0.3) is 0 Å². The van der Waals surface area contributed by atoms with Crippen LogP contribution >= 0.6 is 0 Å². The molecule has 0 bridgehead atoms. The predicted molar refractivity (Wildman–Crippen MR) is 75.2 cm³/mol. The van der Waals surface area contributed by atoms with Crippen LogP contribution in [-0.4, -0.2) is 58.4 Å². The lowest BCUT2D eigenvalue weighted by molar-refractivity contribution is 0.164. The van der Waals surface area contributed by atoms with Gasteiger partial charge < -0.3 is 14.6 Å². The van der Waals surface area contributed by atoms with Gasteiger partial charge in [-0.2, -0.15) is 4.31 Å². The Morgan fingerprint density at radius 2 is 1.65 bits per heavy atom. The second kappa shape index (κ2) is 8.21. The van der Waals surface area contributed by atoms with Crippen LogP contribution < -0.4 is 0 Å². The molecule has 0 fully saturated rings. The number of benzene rings is 1. The summed E-state index contributed by atoms with van der Waals surface area (Å²) in [5.74, 6) is 0.0341. The summed E-state index contributed by atoms with van der Waals surface area (Å²) in [6.07, 6.45) is 0.609. The molecule has 0 heterocycles. The summed E-state index contributed by atoms with van der Waals surface area (Å²) in [6, 6.07) is 5.49. The molecule has 0 aliphatic carbocycles. The van der Waals surface area contributed by atoms with Gasteiger partial charge in [0.15, 0.2) is 0 Å². The summed E-state index contributed by atoms with van der Waals surface area (Å²) in [5.41, 5.74) is 0. The number of nitrogens with zero attached hydrogens (tertiary/aromatic N) is 1. The fourth-order valence-electron chi connectivity index (χ4n) is 1.70. The average Bonchev–Trinajstić information content (AvgIpc) is 2.43. The molecular weight excluding hydrogens is 282 g/mol. The zero-order chi connectivity index (χ0) is 15.0. The Kier molecular flexibility index (Phi) is 6.94. The Balaban J connectivity index is 2.88. The predicted octanol–water partition coefficient (Wildman–Crippen LogP) is 1.07. The lowest BCUT2D eigenvalue weighted by atomic mass is 10.3. The molecule has 1 rings (SSSR count). The van der Waals surface area contributed by atoms with Crippen LogP contribution in [0.3, 0.4) is 0 Å². The minimum atomic E-state index is -3.58. The molecule has 0 spiro atoms. The zero-order valence-corrected chi connectivity index (χ0v) is 12.6. The Bertz CT molecular complexity index is 486. The van der Waals surface area contributed by atoms with Crippen LogP contribution in [-0.2, 0) is 19.5 Å². The van der Waals surface area contributed by atoms with Crippen LogP contribution in [0.2, 0.25) is 0 Å². The molecule has 20 heavy (non-hydrogen) atoms. The van der Waals surface area contributed by atoms with Crippen molar-refractivity contribution >= 4 is 10.0 Å². The maximum absolute atomic E-state index is 12.5. The number of hydrogen-bond acceptors (Lipinski definition) is 5. The molecule has 6 nitrogen and oxygen atoms in total. The highest BCUT2D eigenvalue weighted by atomic mass is 32.2. The maximum Gasteiger partial charge on any atom is 0.243 e. The Morgan fingerprint density at radius 1 is 1.05 bits per heavy atom. The quantitative estimate of drug-likeness (QED) is 0.691. The number of sulfonamides is 1. The molecule has 1 aromatic carbocycles. The zero-order valence-electron chi connectivity index (χ0n) is 11.8. The van der Waals surface area contributed by atoms with Crippen LogP contribution in [0.5, 0.6) is 5.75 Å². The molecule has 0 radical (unpaired) electrons. The SMILES string of the molecule is COCCCN(CCOC)S(=O)(=O)c1ccc(O)cc1. The van der Waals surface area contributed by atoms with Gasteiger partial charge in [-0.25, -0.2) is 8.42 Å². The van der Waals surface area contributed by atoms with E-state index in [0.29, 0.717) is 26.2 Å². The van der Waals surface area contributed by atoms with Crippen molar-refractivity contribution in [2.45, 2.75) is 11.3 Å². The fraction of sp³-hybridized carbons (Fsp3) is 0.538. The summed E-state index contributed by atoms with van der Waals surface area (Å²) < 4.78 is 36.2. The van der Waals surface area contributed by atoms with Gasteiger partial charge in [0.25, 0.3) is 0 Å². The highest BCUT2D eigenvalue weighted by molar-refractivity contribution is 7.89. The molecule has 0 aliphatic heterocycles. The van der Waals surface area contributed by atoms with Crippen molar-refractivity contribution in [3.63, 3.8) is 0 Å². The van der Waals surface area contributed by atoms with Gasteiger partial charge in [-0.05, 0) is 30.7 Å². The smallest absolute Gasteiger partial charge is 0.243 e. The van der Waals surface area contributed by atoms with Gasteiger partial charge in [0.1, 0.15) is 5.75 Å². The topological polar surface area (TPSA) is 76.1 Å². The highest BCUT2D eigenvalue weighted by Gasteiger charge is 2.23. The summed E-state index contributed by atoms with van der Waals surface area (Å²) in [4.78, 5) is 0.156. The lowest BCUT2D eigenvalue weighted by Gasteiger charge is -2.21. The second-order valence-electron chi connectivity index (χ2n) is 4.24. The van der Waals surface area contributed by atoms with E-state index in [1.807, 2.05) is 0 Å². The molecule has 0 atom stereocenters. The molecular formula is C13H21NO5S. The van der Waals surface area contributed by atoms with Crippen LogP contribution in [0.1, 0.15) is 6.42 Å². The molecule has 1 aromatic rings. The monoisotopic (exact) mass is 303 g/mol. The molecule has 1 N–H and O–H groups in total. The van der Waals surface area contributed by atoms with Crippen molar-refractivity contribution in [1.82, 2.24) is 4.31 Å². The van der Waals surface area contributed by atoms with Crippen LogP contribution in [0.4, 0.5) is 0 Å². The van der Waals surface area contributed by atoms with E-state index in [2.05, 4.69) is 0 Å². The first-order valence-corrected chi connectivity index (χ1v) is 7.73. The minimum absolute atomic E-state index is 0.0341. The molecule has 114 valence electrons. The Hall–Kier alpha value is -1.15. The number of phenols is 1. The first-order valence-electron chi connectivity index (χ1n) is 6.29.